The number of aliphatic hydroxyl groups excluding tert-OH is 1. The zero-order valence-electron chi connectivity index (χ0n) is 14.9. The minimum Gasteiger partial charge on any atom is -0.490 e. The number of hydrogen-bond donors (Lipinski definition) is 1. The number of benzene rings is 2. The van der Waals surface area contributed by atoms with Gasteiger partial charge in [0.05, 0.1) is 42.3 Å². The van der Waals surface area contributed by atoms with Gasteiger partial charge in [0, 0.05) is 5.02 Å². The molecule has 154 valence electrons. The van der Waals surface area contributed by atoms with Crippen LogP contribution in [-0.2, 0) is 14.6 Å². The molecule has 1 aliphatic heterocycles. The number of ether oxygens (including phenoxy) is 2. The van der Waals surface area contributed by atoms with Crippen molar-refractivity contribution in [2.45, 2.75) is 16.2 Å². The molecule has 0 aromatic heterocycles. The molecule has 0 saturated carbocycles. The van der Waals surface area contributed by atoms with E-state index >= 15 is 0 Å². The molecule has 0 bridgehead atoms. The highest BCUT2D eigenvalue weighted by atomic mass is 35.5. The molecular formula is C19H16ClF2NO5S. The highest BCUT2D eigenvalue weighted by Crippen LogP contribution is 2.47. The van der Waals surface area contributed by atoms with Gasteiger partial charge in [-0.15, -0.1) is 0 Å². The molecule has 29 heavy (non-hydrogen) atoms. The number of aliphatic hydroxyl groups is 1. The second kappa shape index (κ2) is 8.63. The van der Waals surface area contributed by atoms with E-state index in [1.807, 2.05) is 6.07 Å². The van der Waals surface area contributed by atoms with Crippen molar-refractivity contribution in [3.63, 3.8) is 0 Å². The minimum absolute atomic E-state index is 0.174. The van der Waals surface area contributed by atoms with E-state index in [2.05, 4.69) is 0 Å². The number of rotatable bonds is 6. The molecule has 2 aromatic rings. The van der Waals surface area contributed by atoms with Gasteiger partial charge in [-0.2, -0.15) is 5.26 Å². The molecule has 1 N–H and O–H groups in total. The summed E-state index contributed by atoms with van der Waals surface area (Å²) in [6.07, 6.45) is -1.34. The molecule has 10 heteroatoms. The standard InChI is InChI=1S/C19H16ClF2NO5S/c20-11-1-3-12(4-2-11)29(25,26)19-13(16(9-23)27-8-7-24)10-28-18-15(22)6-5-14(21)17(18)19/h1-6,13,16,19,24H,7-8,10H2/t13-,16+,19-/m0/s1. The predicted octanol–water partition coefficient (Wildman–Crippen LogP) is 3.04. The Hall–Kier alpha value is -2.25. The third-order valence-electron chi connectivity index (χ3n) is 4.57. The van der Waals surface area contributed by atoms with Gasteiger partial charge in [-0.05, 0) is 36.4 Å². The zero-order chi connectivity index (χ0) is 21.2. The van der Waals surface area contributed by atoms with Gasteiger partial charge in [-0.1, -0.05) is 11.6 Å². The lowest BCUT2D eigenvalue weighted by Gasteiger charge is -2.35. The Kier molecular flexibility index (Phi) is 6.39. The van der Waals surface area contributed by atoms with Crippen LogP contribution in [0.4, 0.5) is 8.78 Å². The van der Waals surface area contributed by atoms with Crippen molar-refractivity contribution in [1.29, 1.82) is 5.26 Å². The van der Waals surface area contributed by atoms with Gasteiger partial charge in [-0.3, -0.25) is 0 Å². The first-order valence-corrected chi connectivity index (χ1v) is 10.5. The summed E-state index contributed by atoms with van der Waals surface area (Å²) in [6.45, 7) is -1.03. The summed E-state index contributed by atoms with van der Waals surface area (Å²) in [4.78, 5) is -0.174. The summed E-state index contributed by atoms with van der Waals surface area (Å²) in [6, 6.07) is 8.67. The average Bonchev–Trinajstić information content (AvgIpc) is 2.71. The van der Waals surface area contributed by atoms with Crippen molar-refractivity contribution in [1.82, 2.24) is 0 Å². The Balaban J connectivity index is 2.20. The van der Waals surface area contributed by atoms with Crippen LogP contribution in [0.2, 0.25) is 5.02 Å². The lowest BCUT2D eigenvalue weighted by Crippen LogP contribution is -2.40. The minimum atomic E-state index is -4.30. The van der Waals surface area contributed by atoms with E-state index < -0.39 is 63.3 Å². The fraction of sp³-hybridized carbons (Fsp3) is 0.316. The van der Waals surface area contributed by atoms with Gasteiger partial charge in [0.2, 0.25) is 0 Å². The molecule has 0 aliphatic carbocycles. The van der Waals surface area contributed by atoms with E-state index in [1.54, 1.807) is 0 Å². The molecule has 0 fully saturated rings. The smallest absolute Gasteiger partial charge is 0.186 e. The van der Waals surface area contributed by atoms with Crippen LogP contribution in [0, 0.1) is 28.9 Å². The molecule has 0 radical (unpaired) electrons. The quantitative estimate of drug-likeness (QED) is 0.737. The molecule has 0 amide bonds. The topological polar surface area (TPSA) is 96.6 Å². The summed E-state index contributed by atoms with van der Waals surface area (Å²) in [5.41, 5.74) is -0.496. The molecule has 2 aromatic carbocycles. The number of nitrogens with zero attached hydrogens (tertiary/aromatic N) is 1. The van der Waals surface area contributed by atoms with E-state index in [0.717, 1.165) is 12.1 Å². The number of hydrogen-bond acceptors (Lipinski definition) is 6. The van der Waals surface area contributed by atoms with Crippen molar-refractivity contribution >= 4 is 21.4 Å². The zero-order valence-corrected chi connectivity index (χ0v) is 16.5. The van der Waals surface area contributed by atoms with Crippen LogP contribution in [0.25, 0.3) is 0 Å². The Labute approximate surface area is 171 Å². The molecule has 3 atom stereocenters. The van der Waals surface area contributed by atoms with Crippen LogP contribution in [0.5, 0.6) is 5.75 Å². The van der Waals surface area contributed by atoms with Gasteiger partial charge in [0.1, 0.15) is 11.1 Å². The fourth-order valence-electron chi connectivity index (χ4n) is 3.28. The van der Waals surface area contributed by atoms with Crippen molar-refractivity contribution in [3.8, 4) is 11.8 Å². The molecule has 0 unspecified atom stereocenters. The van der Waals surface area contributed by atoms with E-state index in [9.17, 15) is 22.5 Å². The number of sulfone groups is 1. The molecule has 1 heterocycles. The molecule has 0 saturated heterocycles. The van der Waals surface area contributed by atoms with Crippen molar-refractivity contribution in [3.05, 3.63) is 58.6 Å². The van der Waals surface area contributed by atoms with Gasteiger partial charge in [0.25, 0.3) is 0 Å². The first kappa shape index (κ1) is 21.5. The maximum atomic E-state index is 14.7. The molecular weight excluding hydrogens is 428 g/mol. The number of nitriles is 1. The summed E-state index contributed by atoms with van der Waals surface area (Å²) >= 11 is 5.82. The van der Waals surface area contributed by atoms with E-state index in [0.29, 0.717) is 5.02 Å². The maximum absolute atomic E-state index is 14.7. The molecule has 3 rings (SSSR count). The second-order valence-corrected chi connectivity index (χ2v) is 8.82. The van der Waals surface area contributed by atoms with E-state index in [4.69, 9.17) is 26.2 Å². The summed E-state index contributed by atoms with van der Waals surface area (Å²) in [7, 11) is -4.30. The third-order valence-corrected chi connectivity index (χ3v) is 7.00. The second-order valence-electron chi connectivity index (χ2n) is 6.31. The largest absolute Gasteiger partial charge is 0.490 e. The maximum Gasteiger partial charge on any atom is 0.186 e. The normalized spacial score (nSPS) is 19.7. The molecule has 0 spiro atoms. The van der Waals surface area contributed by atoms with Crippen molar-refractivity contribution in [2.75, 3.05) is 19.8 Å². The summed E-state index contributed by atoms with van der Waals surface area (Å²) in [5.74, 6) is -3.58. The first-order chi connectivity index (χ1) is 13.8. The van der Waals surface area contributed by atoms with Crippen LogP contribution in [0.15, 0.2) is 41.3 Å². The van der Waals surface area contributed by atoms with E-state index in [1.165, 1.54) is 24.3 Å². The molecule has 6 nitrogen and oxygen atoms in total. The number of halogens is 3. The van der Waals surface area contributed by atoms with E-state index in [-0.39, 0.29) is 11.5 Å². The first-order valence-electron chi connectivity index (χ1n) is 8.53. The monoisotopic (exact) mass is 443 g/mol. The van der Waals surface area contributed by atoms with Gasteiger partial charge < -0.3 is 14.6 Å². The summed E-state index contributed by atoms with van der Waals surface area (Å²) < 4.78 is 66.4. The van der Waals surface area contributed by atoms with Gasteiger partial charge in [0.15, 0.2) is 27.5 Å². The lowest BCUT2D eigenvalue weighted by atomic mass is 9.91. The Morgan fingerprint density at radius 2 is 1.90 bits per heavy atom. The average molecular weight is 444 g/mol. The molecule has 1 aliphatic rings. The lowest BCUT2D eigenvalue weighted by molar-refractivity contribution is 0.00629. The van der Waals surface area contributed by atoms with Crippen molar-refractivity contribution < 1.29 is 31.8 Å². The van der Waals surface area contributed by atoms with Crippen LogP contribution in [0.1, 0.15) is 10.8 Å². The van der Waals surface area contributed by atoms with Crippen LogP contribution >= 0.6 is 11.6 Å². The SMILES string of the molecule is N#C[C@@H](OCCO)[C@@H]1COc2c(F)ccc(F)c2[C@H]1S(=O)(=O)c1ccc(Cl)cc1. The predicted molar refractivity (Wildman–Crippen MR) is 99.2 cm³/mol. The van der Waals surface area contributed by atoms with Gasteiger partial charge in [-0.25, -0.2) is 17.2 Å². The summed E-state index contributed by atoms with van der Waals surface area (Å²) in [5, 5.41) is 17.1. The number of fused-ring (bicyclic) bond motifs is 1. The Bertz CT molecular complexity index is 1040. The van der Waals surface area contributed by atoms with Crippen LogP contribution in [0.3, 0.4) is 0 Å². The van der Waals surface area contributed by atoms with Crippen molar-refractivity contribution in [2.24, 2.45) is 5.92 Å². The van der Waals surface area contributed by atoms with Gasteiger partial charge >= 0.3 is 0 Å². The van der Waals surface area contributed by atoms with Crippen LogP contribution < -0.4 is 4.74 Å². The highest BCUT2D eigenvalue weighted by molar-refractivity contribution is 7.91. The fourth-order valence-corrected chi connectivity index (χ4v) is 5.43. The Morgan fingerprint density at radius 3 is 2.52 bits per heavy atom. The Morgan fingerprint density at radius 1 is 1.24 bits per heavy atom. The highest BCUT2D eigenvalue weighted by Gasteiger charge is 2.47. The van der Waals surface area contributed by atoms with Crippen LogP contribution in [-0.4, -0.2) is 39.4 Å². The third kappa shape index (κ3) is 4.07.